The van der Waals surface area contributed by atoms with Gasteiger partial charge in [0, 0.05) is 13.2 Å². The van der Waals surface area contributed by atoms with Gasteiger partial charge in [0.15, 0.2) is 0 Å². The fraction of sp³-hybridized carbons (Fsp3) is 0.917. The van der Waals surface area contributed by atoms with E-state index in [-0.39, 0.29) is 11.8 Å². The van der Waals surface area contributed by atoms with Crippen LogP contribution in [0.1, 0.15) is 52.4 Å². The molecule has 0 radical (unpaired) electrons. The number of nitrogens with one attached hydrogen (secondary N) is 1. The number of amides is 1. The summed E-state index contributed by atoms with van der Waals surface area (Å²) < 4.78 is 0. The number of carbonyl (C=O) groups is 1. The number of alkyl halides is 1. The molecule has 0 aromatic rings. The minimum Gasteiger partial charge on any atom is -0.396 e. The molecule has 4 heteroatoms. The Morgan fingerprint density at radius 3 is 2.06 bits per heavy atom. The first-order valence-electron chi connectivity index (χ1n) is 6.24. The molecule has 2 N–H and O–H groups in total. The van der Waals surface area contributed by atoms with Crippen molar-refractivity contribution in [2.24, 2.45) is 0 Å². The molecule has 0 aromatic carbocycles. The molecular weight excluding hydrogens is 226 g/mol. The van der Waals surface area contributed by atoms with Crippen molar-refractivity contribution in [1.29, 1.82) is 0 Å². The molecule has 0 fully saturated rings. The van der Waals surface area contributed by atoms with Crippen LogP contribution < -0.4 is 5.32 Å². The number of hydrogen-bond donors (Lipinski definition) is 2. The normalized spacial score (nSPS) is 9.25. The molecule has 16 heavy (non-hydrogen) atoms. The Hall–Kier alpha value is -0.280. The summed E-state index contributed by atoms with van der Waals surface area (Å²) in [5.41, 5.74) is 0. The van der Waals surface area contributed by atoms with Crippen molar-refractivity contribution in [2.75, 3.05) is 19.0 Å². The van der Waals surface area contributed by atoms with Gasteiger partial charge in [-0.25, -0.2) is 0 Å². The highest BCUT2D eigenvalue weighted by atomic mass is 35.5. The number of aliphatic hydroxyl groups excluding tert-OH is 1. The van der Waals surface area contributed by atoms with E-state index in [9.17, 15) is 4.79 Å². The van der Waals surface area contributed by atoms with Crippen molar-refractivity contribution < 1.29 is 9.90 Å². The van der Waals surface area contributed by atoms with E-state index in [1.165, 1.54) is 12.8 Å². The first kappa shape index (κ1) is 18.1. The second-order valence-corrected chi connectivity index (χ2v) is 3.60. The largest absolute Gasteiger partial charge is 0.396 e. The predicted molar refractivity (Wildman–Crippen MR) is 69.9 cm³/mol. The zero-order valence-electron chi connectivity index (χ0n) is 10.6. The Morgan fingerprint density at radius 1 is 1.06 bits per heavy atom. The third-order valence-electron chi connectivity index (χ3n) is 2.03. The Labute approximate surface area is 105 Å². The monoisotopic (exact) mass is 251 g/mol. The lowest BCUT2D eigenvalue weighted by molar-refractivity contribution is -0.118. The SMILES string of the molecule is CC.O=C(CCl)NCCCCCCCCO. The van der Waals surface area contributed by atoms with Crippen LogP contribution in [0.4, 0.5) is 0 Å². The van der Waals surface area contributed by atoms with Crippen LogP contribution in [0.25, 0.3) is 0 Å². The molecule has 0 heterocycles. The zero-order chi connectivity index (χ0) is 12.6. The minimum absolute atomic E-state index is 0.0521. The van der Waals surface area contributed by atoms with Gasteiger partial charge < -0.3 is 10.4 Å². The van der Waals surface area contributed by atoms with Crippen LogP contribution in [0, 0.1) is 0 Å². The molecule has 1 amide bonds. The first-order chi connectivity index (χ1) is 7.81. The zero-order valence-corrected chi connectivity index (χ0v) is 11.4. The topological polar surface area (TPSA) is 49.3 Å². The van der Waals surface area contributed by atoms with Crippen LogP contribution in [-0.2, 0) is 4.79 Å². The molecule has 0 unspecified atom stereocenters. The fourth-order valence-corrected chi connectivity index (χ4v) is 1.31. The van der Waals surface area contributed by atoms with Crippen molar-refractivity contribution >= 4 is 17.5 Å². The number of aliphatic hydroxyl groups is 1. The maximum Gasteiger partial charge on any atom is 0.234 e. The Morgan fingerprint density at radius 2 is 1.56 bits per heavy atom. The van der Waals surface area contributed by atoms with Gasteiger partial charge in [-0.15, -0.1) is 11.6 Å². The molecule has 0 spiro atoms. The lowest BCUT2D eigenvalue weighted by atomic mass is 10.1. The smallest absolute Gasteiger partial charge is 0.234 e. The Balaban J connectivity index is 0. The maximum absolute atomic E-state index is 10.7. The van der Waals surface area contributed by atoms with E-state index < -0.39 is 0 Å². The van der Waals surface area contributed by atoms with Gasteiger partial charge in [0.25, 0.3) is 0 Å². The van der Waals surface area contributed by atoms with Gasteiger partial charge in [-0.05, 0) is 12.8 Å². The molecule has 3 nitrogen and oxygen atoms in total. The summed E-state index contributed by atoms with van der Waals surface area (Å²) in [5, 5.41) is 11.3. The second-order valence-electron chi connectivity index (χ2n) is 3.33. The summed E-state index contributed by atoms with van der Waals surface area (Å²) in [6.45, 7) is 5.03. The van der Waals surface area contributed by atoms with E-state index in [1.54, 1.807) is 0 Å². The average molecular weight is 252 g/mol. The minimum atomic E-state index is -0.0908. The molecule has 0 aromatic heterocycles. The van der Waals surface area contributed by atoms with E-state index in [0.29, 0.717) is 6.61 Å². The summed E-state index contributed by atoms with van der Waals surface area (Å²) in [6.07, 6.45) is 6.50. The van der Waals surface area contributed by atoms with Gasteiger partial charge in [-0.2, -0.15) is 0 Å². The summed E-state index contributed by atoms with van der Waals surface area (Å²) in [4.78, 5) is 10.7. The molecule has 0 atom stereocenters. The van der Waals surface area contributed by atoms with Crippen LogP contribution in [0.15, 0.2) is 0 Å². The molecule has 0 saturated heterocycles. The van der Waals surface area contributed by atoms with Crippen LogP contribution in [0.2, 0.25) is 0 Å². The summed E-state index contributed by atoms with van der Waals surface area (Å²) >= 11 is 5.31. The highest BCUT2D eigenvalue weighted by Crippen LogP contribution is 2.04. The molecule has 0 aliphatic carbocycles. The number of unbranched alkanes of at least 4 members (excludes halogenated alkanes) is 5. The quantitative estimate of drug-likeness (QED) is 0.489. The van der Waals surface area contributed by atoms with E-state index in [4.69, 9.17) is 16.7 Å². The van der Waals surface area contributed by atoms with Crippen LogP contribution >= 0.6 is 11.6 Å². The lowest BCUT2D eigenvalue weighted by Crippen LogP contribution is -2.25. The molecule has 0 rings (SSSR count). The maximum atomic E-state index is 10.7. The van der Waals surface area contributed by atoms with E-state index in [2.05, 4.69) is 5.32 Å². The third-order valence-corrected chi connectivity index (χ3v) is 2.27. The summed E-state index contributed by atoms with van der Waals surface area (Å²) in [5.74, 6) is -0.0387. The van der Waals surface area contributed by atoms with Crippen molar-refractivity contribution in [3.05, 3.63) is 0 Å². The van der Waals surface area contributed by atoms with Gasteiger partial charge in [-0.3, -0.25) is 4.79 Å². The number of halogens is 1. The number of carbonyl (C=O) groups excluding carboxylic acids is 1. The highest BCUT2D eigenvalue weighted by molar-refractivity contribution is 6.27. The first-order valence-corrected chi connectivity index (χ1v) is 6.78. The van der Waals surface area contributed by atoms with Gasteiger partial charge in [-0.1, -0.05) is 39.5 Å². The molecule has 0 aliphatic rings. The van der Waals surface area contributed by atoms with Crippen molar-refractivity contribution in [3.63, 3.8) is 0 Å². The van der Waals surface area contributed by atoms with Crippen molar-refractivity contribution in [3.8, 4) is 0 Å². The molecule has 0 saturated carbocycles. The van der Waals surface area contributed by atoms with E-state index >= 15 is 0 Å². The molecular formula is C12H26ClNO2. The molecule has 98 valence electrons. The van der Waals surface area contributed by atoms with Crippen LogP contribution in [-0.4, -0.2) is 30.0 Å². The lowest BCUT2D eigenvalue weighted by Gasteiger charge is -2.02. The summed E-state index contributed by atoms with van der Waals surface area (Å²) in [7, 11) is 0. The van der Waals surface area contributed by atoms with Gasteiger partial charge in [0.05, 0.1) is 0 Å². The number of hydrogen-bond acceptors (Lipinski definition) is 2. The van der Waals surface area contributed by atoms with Crippen LogP contribution in [0.3, 0.4) is 0 Å². The van der Waals surface area contributed by atoms with Gasteiger partial charge >= 0.3 is 0 Å². The fourth-order valence-electron chi connectivity index (χ4n) is 1.22. The summed E-state index contributed by atoms with van der Waals surface area (Å²) in [6, 6.07) is 0. The Kier molecular flexibility index (Phi) is 19.4. The van der Waals surface area contributed by atoms with E-state index in [1.807, 2.05) is 13.8 Å². The van der Waals surface area contributed by atoms with Crippen molar-refractivity contribution in [2.45, 2.75) is 52.4 Å². The van der Waals surface area contributed by atoms with E-state index in [0.717, 1.165) is 32.2 Å². The third kappa shape index (κ3) is 16.2. The average Bonchev–Trinajstić information content (AvgIpc) is 2.34. The van der Waals surface area contributed by atoms with Gasteiger partial charge in [0.2, 0.25) is 5.91 Å². The number of rotatable bonds is 9. The second kappa shape index (κ2) is 17.1. The van der Waals surface area contributed by atoms with Crippen LogP contribution in [0.5, 0.6) is 0 Å². The predicted octanol–water partition coefficient (Wildman–Crippen LogP) is 2.70. The highest BCUT2D eigenvalue weighted by Gasteiger charge is 1.96. The standard InChI is InChI=1S/C10H20ClNO2.C2H6/c11-9-10(14)12-7-5-3-1-2-4-6-8-13;1-2/h13H,1-9H2,(H,12,14);1-2H3. The Bertz CT molecular complexity index is 143. The molecule has 0 aliphatic heterocycles. The molecule has 0 bridgehead atoms. The van der Waals surface area contributed by atoms with Crippen molar-refractivity contribution in [1.82, 2.24) is 5.32 Å². The van der Waals surface area contributed by atoms with Gasteiger partial charge in [0.1, 0.15) is 5.88 Å².